The van der Waals surface area contributed by atoms with Crippen molar-refractivity contribution >= 4 is 5.69 Å². The van der Waals surface area contributed by atoms with Gasteiger partial charge in [0.05, 0.1) is 11.4 Å². The van der Waals surface area contributed by atoms with Crippen LogP contribution in [0, 0.1) is 0 Å². The summed E-state index contributed by atoms with van der Waals surface area (Å²) in [5.74, 6) is 0. The maximum atomic E-state index is 8.63. The van der Waals surface area contributed by atoms with Gasteiger partial charge in [0.15, 0.2) is 0 Å². The Morgan fingerprint density at radius 2 is 2.05 bits per heavy atom. The minimum atomic E-state index is 0.598. The summed E-state index contributed by atoms with van der Waals surface area (Å²) in [6.07, 6.45) is 7.61. The van der Waals surface area contributed by atoms with Gasteiger partial charge in [0.25, 0.3) is 0 Å². The Morgan fingerprint density at radius 3 is 2.86 bits per heavy atom. The molecule has 0 aliphatic heterocycles. The van der Waals surface area contributed by atoms with E-state index in [1.54, 1.807) is 12.3 Å². The highest BCUT2D eigenvalue weighted by Crippen LogP contribution is 2.22. The summed E-state index contributed by atoms with van der Waals surface area (Å²) in [5.41, 5.74) is 11.1. The largest absolute Gasteiger partial charge is 0.257 e. The third kappa shape index (κ3) is 2.91. The summed E-state index contributed by atoms with van der Waals surface area (Å²) >= 11 is 0. The van der Waals surface area contributed by atoms with E-state index in [4.69, 9.17) is 5.53 Å². The normalized spacial score (nSPS) is 10.1. The number of rotatable bonds is 4. The lowest BCUT2D eigenvalue weighted by atomic mass is 10.3. The van der Waals surface area contributed by atoms with Crippen molar-refractivity contribution in [3.05, 3.63) is 83.5 Å². The van der Waals surface area contributed by atoms with Gasteiger partial charge in [0.2, 0.25) is 6.33 Å². The lowest BCUT2D eigenvalue weighted by molar-refractivity contribution is -0.688. The van der Waals surface area contributed by atoms with Crippen LogP contribution in [0.1, 0.15) is 5.69 Å². The topological polar surface area (TPSA) is 70.5 Å². The molecule has 2 aromatic heterocycles. The second-order valence-electron chi connectivity index (χ2n) is 4.49. The Bertz CT molecular complexity index is 787. The molecule has 0 amide bonds. The number of hydrogen-bond acceptors (Lipinski definition) is 2. The fraction of sp³-hybridized carbons (Fsp3) is 0.0667. The Kier molecular flexibility index (Phi) is 3.62. The molecule has 0 atom stereocenters. The second-order valence-corrected chi connectivity index (χ2v) is 4.49. The molecule has 0 N–H and O–H groups in total. The summed E-state index contributed by atoms with van der Waals surface area (Å²) in [7, 11) is 0. The molecular formula is C15H13N6+. The van der Waals surface area contributed by atoms with E-state index in [2.05, 4.69) is 15.0 Å². The van der Waals surface area contributed by atoms with E-state index in [1.165, 1.54) is 0 Å². The minimum absolute atomic E-state index is 0.598. The molecule has 0 aliphatic rings. The van der Waals surface area contributed by atoms with Gasteiger partial charge >= 0.3 is 0 Å². The fourth-order valence-corrected chi connectivity index (χ4v) is 2.12. The summed E-state index contributed by atoms with van der Waals surface area (Å²) in [6, 6.07) is 13.3. The van der Waals surface area contributed by atoms with Crippen molar-refractivity contribution in [2.45, 2.75) is 6.54 Å². The first-order chi connectivity index (χ1) is 10.4. The van der Waals surface area contributed by atoms with Crippen molar-refractivity contribution in [2.75, 3.05) is 0 Å². The third-order valence-electron chi connectivity index (χ3n) is 3.07. The molecule has 21 heavy (non-hydrogen) atoms. The van der Waals surface area contributed by atoms with Crippen LogP contribution in [0.2, 0.25) is 0 Å². The number of imidazole rings is 1. The molecule has 0 radical (unpaired) electrons. The van der Waals surface area contributed by atoms with Crippen molar-refractivity contribution < 1.29 is 4.57 Å². The standard InChI is InChI=1S/C15H13N6/c16-19-18-14-6-1-2-7-15(14)21-10-9-20(12-21)11-13-5-3-4-8-17-13/h1-10,12H,11H2/q+1. The third-order valence-corrected chi connectivity index (χ3v) is 3.07. The van der Waals surface area contributed by atoms with E-state index in [9.17, 15) is 0 Å². The molecule has 1 aromatic carbocycles. The molecule has 3 rings (SSSR count). The van der Waals surface area contributed by atoms with Crippen LogP contribution in [0.4, 0.5) is 5.69 Å². The second kappa shape index (κ2) is 5.90. The van der Waals surface area contributed by atoms with Crippen molar-refractivity contribution in [1.82, 2.24) is 9.55 Å². The van der Waals surface area contributed by atoms with E-state index < -0.39 is 0 Å². The summed E-state index contributed by atoms with van der Waals surface area (Å²) in [4.78, 5) is 7.17. The van der Waals surface area contributed by atoms with E-state index >= 15 is 0 Å². The molecule has 0 fully saturated rings. The monoisotopic (exact) mass is 277 g/mol. The number of aromatic nitrogens is 3. The molecule has 102 valence electrons. The predicted molar refractivity (Wildman–Crippen MR) is 78.1 cm³/mol. The number of benzene rings is 1. The first-order valence-electron chi connectivity index (χ1n) is 6.48. The Hall–Kier alpha value is -3.11. The first-order valence-corrected chi connectivity index (χ1v) is 6.48. The van der Waals surface area contributed by atoms with Crippen LogP contribution in [-0.2, 0) is 6.54 Å². The molecule has 0 saturated carbocycles. The molecule has 0 spiro atoms. The van der Waals surface area contributed by atoms with Gasteiger partial charge < -0.3 is 0 Å². The maximum absolute atomic E-state index is 8.63. The van der Waals surface area contributed by atoms with E-state index in [0.29, 0.717) is 12.2 Å². The predicted octanol–water partition coefficient (Wildman–Crippen LogP) is 3.15. The number of hydrogen-bond donors (Lipinski definition) is 0. The average molecular weight is 277 g/mol. The molecule has 6 heteroatoms. The van der Waals surface area contributed by atoms with Crippen LogP contribution in [-0.4, -0.2) is 9.55 Å². The number of pyridine rings is 1. The van der Waals surface area contributed by atoms with Gasteiger partial charge in [-0.05, 0) is 29.8 Å². The number of nitrogens with zero attached hydrogens (tertiary/aromatic N) is 6. The van der Waals surface area contributed by atoms with Gasteiger partial charge in [-0.1, -0.05) is 23.3 Å². The highest BCUT2D eigenvalue weighted by molar-refractivity contribution is 5.56. The molecular weight excluding hydrogens is 264 g/mol. The molecule has 2 heterocycles. The lowest BCUT2D eigenvalue weighted by Gasteiger charge is -1.99. The zero-order valence-electron chi connectivity index (χ0n) is 11.2. The molecule has 0 aliphatic carbocycles. The summed E-state index contributed by atoms with van der Waals surface area (Å²) in [5, 5.41) is 3.71. The molecule has 6 nitrogen and oxygen atoms in total. The Morgan fingerprint density at radius 1 is 1.19 bits per heavy atom. The highest BCUT2D eigenvalue weighted by Gasteiger charge is 2.10. The van der Waals surface area contributed by atoms with Gasteiger partial charge in [-0.3, -0.25) is 4.98 Å². The van der Waals surface area contributed by atoms with Crippen molar-refractivity contribution in [1.29, 1.82) is 0 Å². The highest BCUT2D eigenvalue weighted by atomic mass is 15.2. The molecule has 0 bridgehead atoms. The van der Waals surface area contributed by atoms with Gasteiger partial charge in [-0.25, -0.2) is 9.13 Å². The number of azide groups is 1. The minimum Gasteiger partial charge on any atom is -0.257 e. The lowest BCUT2D eigenvalue weighted by Crippen LogP contribution is -2.31. The van der Waals surface area contributed by atoms with Crippen LogP contribution in [0.5, 0.6) is 0 Å². The Labute approximate surface area is 121 Å². The Balaban J connectivity index is 1.90. The van der Waals surface area contributed by atoms with Crippen molar-refractivity contribution in [2.24, 2.45) is 5.11 Å². The zero-order valence-corrected chi connectivity index (χ0v) is 11.2. The van der Waals surface area contributed by atoms with Crippen LogP contribution < -0.4 is 4.57 Å². The van der Waals surface area contributed by atoms with Gasteiger partial charge in [-0.2, -0.15) is 0 Å². The fourth-order valence-electron chi connectivity index (χ4n) is 2.12. The molecule has 3 aromatic rings. The van der Waals surface area contributed by atoms with E-state index in [0.717, 1.165) is 11.4 Å². The van der Waals surface area contributed by atoms with Crippen LogP contribution >= 0.6 is 0 Å². The summed E-state index contributed by atoms with van der Waals surface area (Å²) in [6.45, 7) is 0.692. The zero-order chi connectivity index (χ0) is 14.5. The van der Waals surface area contributed by atoms with Crippen molar-refractivity contribution in [3.8, 4) is 5.69 Å². The SMILES string of the molecule is [N-]=[N+]=Nc1ccccc1-n1cc[n+](Cc2ccccn2)c1. The van der Waals surface area contributed by atoms with Crippen LogP contribution in [0.3, 0.4) is 0 Å². The molecule has 0 saturated heterocycles. The van der Waals surface area contributed by atoms with Gasteiger partial charge in [0, 0.05) is 11.1 Å². The van der Waals surface area contributed by atoms with Crippen LogP contribution in [0.25, 0.3) is 16.1 Å². The van der Waals surface area contributed by atoms with Gasteiger partial charge in [0.1, 0.15) is 24.6 Å². The quantitative estimate of drug-likeness (QED) is 0.312. The van der Waals surface area contributed by atoms with Crippen molar-refractivity contribution in [3.63, 3.8) is 0 Å². The average Bonchev–Trinajstić information content (AvgIpc) is 2.97. The summed E-state index contributed by atoms with van der Waals surface area (Å²) < 4.78 is 3.95. The van der Waals surface area contributed by atoms with E-state index in [1.807, 2.05) is 64.3 Å². The maximum Gasteiger partial charge on any atom is 0.249 e. The van der Waals surface area contributed by atoms with Crippen LogP contribution in [0.15, 0.2) is 72.5 Å². The first kappa shape index (κ1) is 12.9. The number of para-hydroxylation sites is 1. The smallest absolute Gasteiger partial charge is 0.249 e. The molecule has 0 unspecified atom stereocenters. The van der Waals surface area contributed by atoms with E-state index in [-0.39, 0.29) is 0 Å². The van der Waals surface area contributed by atoms with Gasteiger partial charge in [-0.15, -0.1) is 0 Å².